The predicted molar refractivity (Wildman–Crippen MR) is 104 cm³/mol. The number of nitrogens with zero attached hydrogens (tertiary/aromatic N) is 1. The van der Waals surface area contributed by atoms with Gasteiger partial charge in [0.1, 0.15) is 11.1 Å². The van der Waals surface area contributed by atoms with Gasteiger partial charge in [0.05, 0.1) is 11.1 Å². The molecule has 138 valence electrons. The summed E-state index contributed by atoms with van der Waals surface area (Å²) in [6.07, 6.45) is 0. The summed E-state index contributed by atoms with van der Waals surface area (Å²) in [5.74, 6) is -1.37. The fourth-order valence-electron chi connectivity index (χ4n) is 2.39. The fourth-order valence-corrected chi connectivity index (χ4v) is 3.14. The Balaban J connectivity index is 1.57. The van der Waals surface area contributed by atoms with E-state index in [4.69, 9.17) is 10.00 Å². The number of benzene rings is 2. The van der Waals surface area contributed by atoms with Crippen molar-refractivity contribution in [2.24, 2.45) is 0 Å². The van der Waals surface area contributed by atoms with Crippen LogP contribution >= 0.6 is 11.3 Å². The van der Waals surface area contributed by atoms with Crippen LogP contribution in [0.15, 0.2) is 66.0 Å². The molecule has 0 atom stereocenters. The van der Waals surface area contributed by atoms with Gasteiger partial charge >= 0.3 is 5.97 Å². The highest BCUT2D eigenvalue weighted by molar-refractivity contribution is 7.14. The molecule has 0 aliphatic carbocycles. The summed E-state index contributed by atoms with van der Waals surface area (Å²) in [6.45, 7) is -0.480. The van der Waals surface area contributed by atoms with Gasteiger partial charge in [0.2, 0.25) is 0 Å². The molecule has 0 bridgehead atoms. The monoisotopic (exact) mass is 390 g/mol. The highest BCUT2D eigenvalue weighted by Gasteiger charge is 2.14. The van der Waals surface area contributed by atoms with Crippen molar-refractivity contribution in [3.8, 4) is 6.07 Å². The molecule has 1 aromatic heterocycles. The maximum absolute atomic E-state index is 12.4. The molecule has 3 aromatic rings. The van der Waals surface area contributed by atoms with Gasteiger partial charge in [-0.3, -0.25) is 9.59 Å². The predicted octanol–water partition coefficient (Wildman–Crippen LogP) is 3.65. The van der Waals surface area contributed by atoms with Crippen molar-refractivity contribution >= 4 is 34.0 Å². The number of rotatable bonds is 6. The molecule has 0 aliphatic rings. The number of esters is 1. The number of thiophene rings is 1. The first-order chi connectivity index (χ1) is 13.6. The van der Waals surface area contributed by atoms with E-state index in [-0.39, 0.29) is 11.3 Å². The molecule has 6 nitrogen and oxygen atoms in total. The van der Waals surface area contributed by atoms with Gasteiger partial charge in [0, 0.05) is 11.1 Å². The van der Waals surface area contributed by atoms with Crippen molar-refractivity contribution in [3.05, 3.63) is 88.3 Å². The van der Waals surface area contributed by atoms with Crippen LogP contribution in [0.25, 0.3) is 0 Å². The molecule has 0 saturated carbocycles. The second-order valence-electron chi connectivity index (χ2n) is 5.67. The quantitative estimate of drug-likeness (QED) is 0.512. The Morgan fingerprint density at radius 1 is 0.929 bits per heavy atom. The van der Waals surface area contributed by atoms with Crippen molar-refractivity contribution in [2.45, 2.75) is 0 Å². The summed E-state index contributed by atoms with van der Waals surface area (Å²) in [5, 5.41) is 13.5. The van der Waals surface area contributed by atoms with Crippen molar-refractivity contribution in [3.63, 3.8) is 0 Å². The minimum Gasteiger partial charge on any atom is -0.452 e. The molecule has 0 unspecified atom stereocenters. The first-order valence-electron chi connectivity index (χ1n) is 8.23. The van der Waals surface area contributed by atoms with Crippen LogP contribution in [-0.2, 0) is 9.53 Å². The Kier molecular flexibility index (Phi) is 5.94. The van der Waals surface area contributed by atoms with Crippen LogP contribution in [0.5, 0.6) is 0 Å². The summed E-state index contributed by atoms with van der Waals surface area (Å²) in [6, 6.07) is 18.4. The maximum atomic E-state index is 12.4. The van der Waals surface area contributed by atoms with Crippen LogP contribution in [0, 0.1) is 11.3 Å². The zero-order chi connectivity index (χ0) is 19.9. The summed E-state index contributed by atoms with van der Waals surface area (Å²) in [5.41, 5.74) is 1.58. The Labute approximate surface area is 165 Å². The van der Waals surface area contributed by atoms with E-state index in [0.717, 1.165) is 0 Å². The lowest BCUT2D eigenvalue weighted by atomic mass is 10.0. The van der Waals surface area contributed by atoms with E-state index >= 15 is 0 Å². The lowest BCUT2D eigenvalue weighted by Crippen LogP contribution is -2.20. The Morgan fingerprint density at radius 2 is 1.57 bits per heavy atom. The van der Waals surface area contributed by atoms with Crippen LogP contribution < -0.4 is 5.32 Å². The van der Waals surface area contributed by atoms with Crippen molar-refractivity contribution in [1.29, 1.82) is 5.26 Å². The summed E-state index contributed by atoms with van der Waals surface area (Å²) in [4.78, 5) is 36.3. The molecular formula is C21H14N2O4S. The highest BCUT2D eigenvalue weighted by atomic mass is 32.1. The third kappa shape index (κ3) is 4.50. The average molecular weight is 390 g/mol. The highest BCUT2D eigenvalue weighted by Crippen LogP contribution is 2.21. The molecule has 2 aromatic carbocycles. The van der Waals surface area contributed by atoms with Crippen molar-refractivity contribution < 1.29 is 19.1 Å². The molecule has 0 radical (unpaired) electrons. The van der Waals surface area contributed by atoms with Gasteiger partial charge in [-0.1, -0.05) is 42.5 Å². The van der Waals surface area contributed by atoms with Gasteiger partial charge in [-0.15, -0.1) is 11.3 Å². The van der Waals surface area contributed by atoms with Gasteiger partial charge in [-0.2, -0.15) is 5.26 Å². The molecule has 7 heteroatoms. The number of amides is 1. The third-order valence-corrected chi connectivity index (χ3v) is 4.62. The Morgan fingerprint density at radius 3 is 2.25 bits per heavy atom. The third-order valence-electron chi connectivity index (χ3n) is 3.79. The van der Waals surface area contributed by atoms with Crippen LogP contribution in [-0.4, -0.2) is 24.3 Å². The molecule has 1 N–H and O–H groups in total. The van der Waals surface area contributed by atoms with Crippen LogP contribution in [0.4, 0.5) is 5.00 Å². The number of carbonyl (C=O) groups is 3. The summed E-state index contributed by atoms with van der Waals surface area (Å²) in [7, 11) is 0. The summed E-state index contributed by atoms with van der Waals surface area (Å²) < 4.78 is 4.98. The molecule has 0 saturated heterocycles. The van der Waals surface area contributed by atoms with E-state index in [2.05, 4.69) is 5.32 Å². The molecule has 1 amide bonds. The second-order valence-corrected chi connectivity index (χ2v) is 6.59. The number of ether oxygens (including phenoxy) is 1. The van der Waals surface area contributed by atoms with E-state index in [1.54, 1.807) is 35.7 Å². The number of ketones is 1. The van der Waals surface area contributed by atoms with E-state index in [9.17, 15) is 14.4 Å². The maximum Gasteiger partial charge on any atom is 0.338 e. The first-order valence-corrected chi connectivity index (χ1v) is 9.11. The largest absolute Gasteiger partial charge is 0.452 e. The number of nitriles is 1. The van der Waals surface area contributed by atoms with E-state index in [1.165, 1.54) is 35.6 Å². The fraction of sp³-hybridized carbons (Fsp3) is 0.0476. The van der Waals surface area contributed by atoms with E-state index in [0.29, 0.717) is 21.7 Å². The number of anilines is 1. The Hall–Kier alpha value is -3.76. The molecule has 1 heterocycles. The van der Waals surface area contributed by atoms with Gasteiger partial charge in [0.15, 0.2) is 12.4 Å². The SMILES string of the molecule is N#Cc1ccsc1NC(=O)COC(=O)c1ccc(C(=O)c2ccccc2)cc1. The van der Waals surface area contributed by atoms with Gasteiger partial charge in [-0.05, 0) is 23.6 Å². The number of hydrogen-bond donors (Lipinski definition) is 1. The van der Waals surface area contributed by atoms with Crippen LogP contribution in [0.3, 0.4) is 0 Å². The molecule has 28 heavy (non-hydrogen) atoms. The minimum absolute atomic E-state index is 0.149. The second kappa shape index (κ2) is 8.75. The number of nitrogens with one attached hydrogen (secondary N) is 1. The lowest BCUT2D eigenvalue weighted by Gasteiger charge is -2.06. The summed E-state index contributed by atoms with van der Waals surface area (Å²) >= 11 is 1.21. The zero-order valence-corrected chi connectivity index (χ0v) is 15.4. The topological polar surface area (TPSA) is 96.3 Å². The number of hydrogen-bond acceptors (Lipinski definition) is 6. The molecule has 0 spiro atoms. The van der Waals surface area contributed by atoms with E-state index < -0.39 is 18.5 Å². The average Bonchev–Trinajstić information content (AvgIpc) is 3.19. The van der Waals surface area contributed by atoms with Crippen LogP contribution in [0.2, 0.25) is 0 Å². The van der Waals surface area contributed by atoms with E-state index in [1.807, 2.05) is 12.1 Å². The lowest BCUT2D eigenvalue weighted by molar-refractivity contribution is -0.119. The molecule has 3 rings (SSSR count). The molecular weight excluding hydrogens is 376 g/mol. The standard InChI is InChI=1S/C21H14N2O4S/c22-12-17-10-11-28-20(17)23-18(24)13-27-21(26)16-8-6-15(7-9-16)19(25)14-4-2-1-3-5-14/h1-11H,13H2,(H,23,24). The smallest absolute Gasteiger partial charge is 0.338 e. The molecule has 0 fully saturated rings. The minimum atomic E-state index is -0.680. The Bertz CT molecular complexity index is 1050. The number of carbonyl (C=O) groups excluding carboxylic acids is 3. The normalized spacial score (nSPS) is 9.96. The van der Waals surface area contributed by atoms with Crippen molar-refractivity contribution in [1.82, 2.24) is 0 Å². The van der Waals surface area contributed by atoms with Crippen molar-refractivity contribution in [2.75, 3.05) is 11.9 Å². The van der Waals surface area contributed by atoms with Gasteiger partial charge < -0.3 is 10.1 Å². The van der Waals surface area contributed by atoms with Gasteiger partial charge in [0.25, 0.3) is 5.91 Å². The molecule has 0 aliphatic heterocycles. The van der Waals surface area contributed by atoms with Gasteiger partial charge in [-0.25, -0.2) is 4.79 Å². The van der Waals surface area contributed by atoms with Crippen LogP contribution in [0.1, 0.15) is 31.8 Å². The first kappa shape index (κ1) is 19.0. The zero-order valence-electron chi connectivity index (χ0n) is 14.5.